The van der Waals surface area contributed by atoms with Crippen LogP contribution < -0.4 is 15.6 Å². The van der Waals surface area contributed by atoms with E-state index in [2.05, 4.69) is 24.3 Å². The Hall–Kier alpha value is -1.15. The molecule has 6 nitrogen and oxygen atoms in total. The summed E-state index contributed by atoms with van der Waals surface area (Å²) in [7, 11) is 2.12. The molecule has 0 bridgehead atoms. The van der Waals surface area contributed by atoms with Crippen LogP contribution in [0, 0.1) is 0 Å². The van der Waals surface area contributed by atoms with Crippen molar-refractivity contribution in [2.45, 2.75) is 19.6 Å². The first-order valence-electron chi connectivity index (χ1n) is 9.75. The normalized spacial score (nSPS) is 13.0. The molecule has 0 aromatic heterocycles. The molecule has 2 aromatic rings. The minimum absolute atomic E-state index is 1.01. The Balaban J connectivity index is 2.97. The second kappa shape index (κ2) is 9.98. The molecule has 0 N–H and O–H groups in total. The van der Waals surface area contributed by atoms with Crippen LogP contribution in [-0.4, -0.2) is 68.3 Å². The second-order valence-electron chi connectivity index (χ2n) is 7.34. The highest BCUT2D eigenvalue weighted by Crippen LogP contribution is 2.24. The molecular formula is C21H34O6Si3. The van der Waals surface area contributed by atoms with Gasteiger partial charge in [0.05, 0.1) is 0 Å². The largest absolute Gasteiger partial charge is 0.394 e. The van der Waals surface area contributed by atoms with Crippen LogP contribution in [0.5, 0.6) is 0 Å². The molecule has 0 unspecified atom stereocenters. The Morgan fingerprint density at radius 2 is 0.867 bits per heavy atom. The van der Waals surface area contributed by atoms with Crippen molar-refractivity contribution in [3.8, 4) is 11.1 Å². The van der Waals surface area contributed by atoms with Crippen LogP contribution in [0.1, 0.15) is 0 Å². The van der Waals surface area contributed by atoms with E-state index in [-0.39, 0.29) is 0 Å². The summed E-state index contributed by atoms with van der Waals surface area (Å²) in [5.41, 5.74) is 2.07. The highest BCUT2D eigenvalue weighted by Gasteiger charge is 2.45. The monoisotopic (exact) mass is 466 g/mol. The molecule has 9 heteroatoms. The van der Waals surface area contributed by atoms with Gasteiger partial charge in [-0.15, -0.1) is 0 Å². The van der Waals surface area contributed by atoms with Gasteiger partial charge in [-0.3, -0.25) is 0 Å². The zero-order valence-electron chi connectivity index (χ0n) is 19.5. The van der Waals surface area contributed by atoms with E-state index in [1.54, 1.807) is 42.7 Å². The Kier molecular flexibility index (Phi) is 8.36. The molecule has 0 fully saturated rings. The zero-order chi connectivity index (χ0) is 22.6. The lowest BCUT2D eigenvalue weighted by atomic mass is 10.1. The summed E-state index contributed by atoms with van der Waals surface area (Å²) in [5, 5.41) is 3.08. The van der Waals surface area contributed by atoms with E-state index in [0.717, 1.165) is 26.7 Å². The van der Waals surface area contributed by atoms with E-state index in [0.29, 0.717) is 0 Å². The van der Waals surface area contributed by atoms with Gasteiger partial charge in [-0.2, -0.15) is 0 Å². The molecule has 166 valence electrons. The van der Waals surface area contributed by atoms with Crippen molar-refractivity contribution < 1.29 is 26.6 Å². The Morgan fingerprint density at radius 1 is 0.467 bits per heavy atom. The Labute approximate surface area is 183 Å². The van der Waals surface area contributed by atoms with Crippen LogP contribution in [0.2, 0.25) is 19.6 Å². The van der Waals surface area contributed by atoms with Gasteiger partial charge in [0.15, 0.2) is 0 Å². The maximum Gasteiger partial charge on any atom is 0.369 e. The van der Waals surface area contributed by atoms with Crippen molar-refractivity contribution in [2.75, 3.05) is 42.7 Å². The quantitative estimate of drug-likeness (QED) is 0.500. The summed E-state index contributed by atoms with van der Waals surface area (Å²) in [5.74, 6) is 0. The molecule has 0 saturated heterocycles. The van der Waals surface area contributed by atoms with Crippen LogP contribution in [0.3, 0.4) is 0 Å². The van der Waals surface area contributed by atoms with Gasteiger partial charge in [0, 0.05) is 53.0 Å². The lowest BCUT2D eigenvalue weighted by Gasteiger charge is -2.34. The maximum atomic E-state index is 6.01. The number of hydrogen-bond donors (Lipinski definition) is 0. The lowest BCUT2D eigenvalue weighted by Crippen LogP contribution is -2.65. The summed E-state index contributed by atoms with van der Waals surface area (Å²) in [4.78, 5) is 0. The van der Waals surface area contributed by atoms with Crippen molar-refractivity contribution >= 4 is 41.2 Å². The molecule has 0 aliphatic heterocycles. The third-order valence-electron chi connectivity index (χ3n) is 6.05. The standard InChI is InChI=1S/C21H34O6Si3/c1-22-28(7,23-2)19-15-11-10-13-17(19)18-14-12-16-20(29(8,24-3)25-4)21(18)30(9,26-5)27-6/h10-16H,1-9H3. The molecule has 0 amide bonds. The van der Waals surface area contributed by atoms with Gasteiger partial charge in [-0.05, 0) is 36.0 Å². The van der Waals surface area contributed by atoms with Gasteiger partial charge < -0.3 is 26.6 Å². The SMILES string of the molecule is CO[Si](C)(OC)c1ccccc1-c1cccc([Si](C)(OC)OC)c1[Si](C)(OC)OC. The fourth-order valence-electron chi connectivity index (χ4n) is 3.65. The lowest BCUT2D eigenvalue weighted by molar-refractivity contribution is 0.260. The molecule has 2 rings (SSSR count). The number of rotatable bonds is 10. The Bertz CT molecular complexity index is 848. The molecule has 0 spiro atoms. The molecule has 0 atom stereocenters. The maximum absolute atomic E-state index is 6.01. The zero-order valence-corrected chi connectivity index (χ0v) is 22.5. The summed E-state index contributed by atoms with van der Waals surface area (Å²) in [6.07, 6.45) is 0. The van der Waals surface area contributed by atoms with E-state index in [9.17, 15) is 0 Å². The fourth-order valence-corrected chi connectivity index (χ4v) is 10.2. The van der Waals surface area contributed by atoms with Gasteiger partial charge in [0.2, 0.25) is 0 Å². The van der Waals surface area contributed by atoms with E-state index in [1.807, 2.05) is 37.8 Å². The van der Waals surface area contributed by atoms with Crippen LogP contribution in [0.15, 0.2) is 42.5 Å². The van der Waals surface area contributed by atoms with Crippen molar-refractivity contribution in [1.29, 1.82) is 0 Å². The highest BCUT2D eigenvalue weighted by molar-refractivity contribution is 6.91. The minimum atomic E-state index is -2.78. The predicted octanol–water partition coefficient (Wildman–Crippen LogP) is 2.07. The first kappa shape index (κ1) is 25.1. The Morgan fingerprint density at radius 3 is 1.37 bits per heavy atom. The minimum Gasteiger partial charge on any atom is -0.394 e. The summed E-state index contributed by atoms with van der Waals surface area (Å²) >= 11 is 0. The summed E-state index contributed by atoms with van der Waals surface area (Å²) in [6.45, 7) is 6.12. The number of hydrogen-bond acceptors (Lipinski definition) is 6. The van der Waals surface area contributed by atoms with Crippen LogP contribution in [0.25, 0.3) is 11.1 Å². The predicted molar refractivity (Wildman–Crippen MR) is 128 cm³/mol. The van der Waals surface area contributed by atoms with Crippen molar-refractivity contribution in [2.24, 2.45) is 0 Å². The average molecular weight is 467 g/mol. The summed E-state index contributed by atoms with van der Waals surface area (Å²) in [6, 6.07) is 14.4. The molecule has 0 saturated carbocycles. The van der Waals surface area contributed by atoms with Gasteiger partial charge in [0.1, 0.15) is 0 Å². The average Bonchev–Trinajstić information content (AvgIpc) is 2.82. The molecule has 30 heavy (non-hydrogen) atoms. The van der Waals surface area contributed by atoms with Crippen molar-refractivity contribution in [3.63, 3.8) is 0 Å². The van der Waals surface area contributed by atoms with Gasteiger partial charge >= 0.3 is 25.7 Å². The second-order valence-corrected chi connectivity index (χ2v) is 17.0. The molecule has 0 heterocycles. The molecular weight excluding hydrogens is 432 g/mol. The van der Waals surface area contributed by atoms with Crippen molar-refractivity contribution in [3.05, 3.63) is 42.5 Å². The molecule has 2 aromatic carbocycles. The van der Waals surface area contributed by atoms with E-state index in [4.69, 9.17) is 26.6 Å². The van der Waals surface area contributed by atoms with Crippen LogP contribution >= 0.6 is 0 Å². The van der Waals surface area contributed by atoms with Crippen LogP contribution in [0.4, 0.5) is 0 Å². The van der Waals surface area contributed by atoms with E-state index < -0.39 is 25.7 Å². The van der Waals surface area contributed by atoms with E-state index >= 15 is 0 Å². The first-order valence-corrected chi connectivity index (χ1v) is 16.7. The third kappa shape index (κ3) is 4.40. The summed E-state index contributed by atoms with van der Waals surface area (Å²) < 4.78 is 35.6. The third-order valence-corrected chi connectivity index (χ3v) is 15.2. The van der Waals surface area contributed by atoms with Crippen LogP contribution in [-0.2, 0) is 26.6 Å². The molecule has 0 radical (unpaired) electrons. The topological polar surface area (TPSA) is 55.4 Å². The first-order chi connectivity index (χ1) is 14.2. The number of benzene rings is 2. The van der Waals surface area contributed by atoms with Gasteiger partial charge in [-0.25, -0.2) is 0 Å². The molecule has 0 aliphatic carbocycles. The molecule has 0 aliphatic rings. The van der Waals surface area contributed by atoms with E-state index in [1.165, 1.54) is 0 Å². The fraction of sp³-hybridized carbons (Fsp3) is 0.429. The van der Waals surface area contributed by atoms with Gasteiger partial charge in [-0.1, -0.05) is 42.5 Å². The van der Waals surface area contributed by atoms with Crippen molar-refractivity contribution in [1.82, 2.24) is 0 Å². The van der Waals surface area contributed by atoms with Gasteiger partial charge in [0.25, 0.3) is 0 Å². The highest BCUT2D eigenvalue weighted by atomic mass is 28.4. The smallest absolute Gasteiger partial charge is 0.369 e.